The van der Waals surface area contributed by atoms with Crippen LogP contribution >= 0.6 is 0 Å². The van der Waals surface area contributed by atoms with Gasteiger partial charge < -0.3 is 24.2 Å². The Morgan fingerprint density at radius 1 is 1.15 bits per heavy atom. The number of aromatic nitrogens is 3. The van der Waals surface area contributed by atoms with Crippen LogP contribution in [0.3, 0.4) is 0 Å². The van der Waals surface area contributed by atoms with Gasteiger partial charge in [-0.1, -0.05) is 0 Å². The fourth-order valence-electron chi connectivity index (χ4n) is 9.45. The van der Waals surface area contributed by atoms with E-state index in [0.717, 1.165) is 44.9 Å². The van der Waals surface area contributed by atoms with Crippen molar-refractivity contribution >= 4 is 17.7 Å². The van der Waals surface area contributed by atoms with Gasteiger partial charge in [-0.2, -0.15) is 0 Å². The molecule has 1 aromatic heterocycles. The summed E-state index contributed by atoms with van der Waals surface area (Å²) in [7, 11) is 0. The maximum Gasteiger partial charge on any atom is 0.306 e. The number of ether oxygens (including phenoxy) is 2. The van der Waals surface area contributed by atoms with Gasteiger partial charge in [0.05, 0.1) is 18.6 Å². The van der Waals surface area contributed by atoms with Gasteiger partial charge in [0.25, 0.3) is 11.8 Å². The Bertz CT molecular complexity index is 1460. The van der Waals surface area contributed by atoms with E-state index in [9.17, 15) is 14.0 Å². The lowest BCUT2D eigenvalue weighted by Crippen LogP contribution is -2.61. The summed E-state index contributed by atoms with van der Waals surface area (Å²) in [5, 5.41) is 8.21. The quantitative estimate of drug-likeness (QED) is 0.357. The van der Waals surface area contributed by atoms with E-state index in [2.05, 4.69) is 25.0 Å². The highest BCUT2D eigenvalue weighted by Gasteiger charge is 2.55. The molecule has 0 radical (unpaired) electrons. The number of esters is 1. The van der Waals surface area contributed by atoms with E-state index in [1.165, 1.54) is 56.8 Å². The predicted molar refractivity (Wildman–Crippen MR) is 170 cm³/mol. The van der Waals surface area contributed by atoms with Crippen LogP contribution in [0.4, 0.5) is 10.2 Å². The van der Waals surface area contributed by atoms with E-state index in [1.54, 1.807) is 4.90 Å². The van der Waals surface area contributed by atoms with Gasteiger partial charge >= 0.3 is 5.97 Å². The van der Waals surface area contributed by atoms with Crippen LogP contribution in [0.1, 0.15) is 83.0 Å². The van der Waals surface area contributed by atoms with E-state index in [0.29, 0.717) is 30.7 Å². The molecule has 2 spiro atoms. The first-order valence-electron chi connectivity index (χ1n) is 17.2. The maximum atomic E-state index is 14.4. The molecule has 1 aromatic carbocycles. The second-order valence-electron chi connectivity index (χ2n) is 15.3. The highest BCUT2D eigenvalue weighted by molar-refractivity contribution is 5.97. The first kappa shape index (κ1) is 31.3. The zero-order valence-electron chi connectivity index (χ0n) is 27.6. The molecule has 6 aliphatic rings. The number of carbonyl (C=O) groups is 2. The summed E-state index contributed by atoms with van der Waals surface area (Å²) >= 11 is 0. The zero-order valence-corrected chi connectivity index (χ0v) is 27.6. The molecule has 0 N–H and O–H groups in total. The van der Waals surface area contributed by atoms with Crippen LogP contribution in [-0.2, 0) is 9.53 Å². The van der Waals surface area contributed by atoms with Gasteiger partial charge in [0.15, 0.2) is 5.82 Å². The first-order valence-corrected chi connectivity index (χ1v) is 17.2. The zero-order chi connectivity index (χ0) is 32.2. The number of piperidine rings is 1. The lowest BCUT2D eigenvalue weighted by atomic mass is 9.52. The number of likely N-dealkylation sites (tertiary alicyclic amines) is 1. The van der Waals surface area contributed by atoms with Crippen molar-refractivity contribution in [2.24, 2.45) is 28.6 Å². The van der Waals surface area contributed by atoms with E-state index >= 15 is 0 Å². The standard InChI is InChI=1S/C35H47FN6O4/c1-22(2)42(23(3)4)33(44)28-14-27(36)7-8-29(28)46-32-31(37-21-38-39-32)41-18-34(19-41)9-11-40(12-10-34)17-25-13-26-6-5-24(25)15-35(26)16-30(43)45-20-35/h7-8,14,21-26H,5-6,9-13,15-20H2,1-4H3/t24?,25-,26?,35?/m1/s1. The van der Waals surface area contributed by atoms with Crippen molar-refractivity contribution in [2.75, 3.05) is 44.2 Å². The lowest BCUT2D eigenvalue weighted by molar-refractivity contribution is -0.137. The Morgan fingerprint density at radius 3 is 2.57 bits per heavy atom. The molecule has 2 bridgehead atoms. The second kappa shape index (κ2) is 12.0. The summed E-state index contributed by atoms with van der Waals surface area (Å²) in [5.41, 5.74) is 0.520. The van der Waals surface area contributed by atoms with Crippen molar-refractivity contribution in [1.29, 1.82) is 0 Å². The minimum Gasteiger partial charge on any atom is -0.465 e. The third kappa shape index (κ3) is 5.73. The molecule has 3 aliphatic heterocycles. The summed E-state index contributed by atoms with van der Waals surface area (Å²) in [5.74, 6) is 2.34. The Morgan fingerprint density at radius 2 is 1.91 bits per heavy atom. The smallest absolute Gasteiger partial charge is 0.306 e. The normalized spacial score (nSPS) is 28.6. The van der Waals surface area contributed by atoms with Gasteiger partial charge in [-0.15, -0.1) is 10.2 Å². The average Bonchev–Trinajstić information content (AvgIpc) is 3.37. The molecule has 6 fully saturated rings. The number of benzene rings is 1. The number of amides is 1. The molecule has 11 heteroatoms. The van der Waals surface area contributed by atoms with Crippen LogP contribution in [0.25, 0.3) is 0 Å². The average molecular weight is 635 g/mol. The van der Waals surface area contributed by atoms with E-state index < -0.39 is 5.82 Å². The molecule has 1 amide bonds. The molecule has 8 rings (SSSR count). The molecule has 10 nitrogen and oxygen atoms in total. The molecule has 4 heterocycles. The summed E-state index contributed by atoms with van der Waals surface area (Å²) < 4.78 is 26.0. The van der Waals surface area contributed by atoms with Crippen molar-refractivity contribution in [3.8, 4) is 11.6 Å². The van der Waals surface area contributed by atoms with Crippen molar-refractivity contribution in [3.63, 3.8) is 0 Å². The molecular weight excluding hydrogens is 587 g/mol. The van der Waals surface area contributed by atoms with Gasteiger partial charge in [0.1, 0.15) is 17.9 Å². The number of rotatable bonds is 8. The predicted octanol–water partition coefficient (Wildman–Crippen LogP) is 5.33. The summed E-state index contributed by atoms with van der Waals surface area (Å²) in [6, 6.07) is 3.87. The number of cyclic esters (lactones) is 1. The summed E-state index contributed by atoms with van der Waals surface area (Å²) in [6.07, 6.45) is 9.31. The minimum atomic E-state index is -0.503. The Balaban J connectivity index is 0.970. The molecule has 3 saturated heterocycles. The maximum absolute atomic E-state index is 14.4. The molecule has 46 heavy (non-hydrogen) atoms. The number of fused-ring (bicyclic) bond motifs is 2. The first-order chi connectivity index (χ1) is 22.0. The SMILES string of the molecule is CC(C)N(C(=O)c1cc(F)ccc1Oc1nncnc1N1CC2(CCN(C[C@H]3CC4CCC3CC43COC(=O)C3)CC2)C1)C(C)C. The minimum absolute atomic E-state index is 0.00586. The highest BCUT2D eigenvalue weighted by Crippen LogP contribution is 2.58. The third-order valence-electron chi connectivity index (χ3n) is 11.8. The molecule has 3 saturated carbocycles. The Labute approximate surface area is 271 Å². The molecular formula is C35H47FN6O4. The fraction of sp³-hybridized carbons (Fsp3) is 0.686. The van der Waals surface area contributed by atoms with Gasteiger partial charge in [-0.3, -0.25) is 9.59 Å². The molecule has 3 aliphatic carbocycles. The second-order valence-corrected chi connectivity index (χ2v) is 15.3. The van der Waals surface area contributed by atoms with Crippen molar-refractivity contribution in [2.45, 2.75) is 84.7 Å². The van der Waals surface area contributed by atoms with Crippen LogP contribution in [-0.4, -0.2) is 88.3 Å². The van der Waals surface area contributed by atoms with Gasteiger partial charge in [-0.25, -0.2) is 9.37 Å². The number of hydrogen-bond donors (Lipinski definition) is 0. The van der Waals surface area contributed by atoms with E-state index in [4.69, 9.17) is 9.47 Å². The molecule has 248 valence electrons. The number of nitrogens with zero attached hydrogens (tertiary/aromatic N) is 6. The molecule has 3 unspecified atom stereocenters. The van der Waals surface area contributed by atoms with Crippen LogP contribution in [0.5, 0.6) is 11.6 Å². The number of hydrogen-bond acceptors (Lipinski definition) is 9. The van der Waals surface area contributed by atoms with Gasteiger partial charge in [0, 0.05) is 42.5 Å². The number of anilines is 1. The Kier molecular flexibility index (Phi) is 8.18. The third-order valence-corrected chi connectivity index (χ3v) is 11.8. The molecule has 2 aromatic rings. The van der Waals surface area contributed by atoms with Crippen LogP contribution in [0, 0.1) is 34.4 Å². The molecule has 4 atom stereocenters. The van der Waals surface area contributed by atoms with E-state index in [-0.39, 0.29) is 52.0 Å². The Hall–Kier alpha value is -3.34. The summed E-state index contributed by atoms with van der Waals surface area (Å²) in [4.78, 5) is 36.6. The summed E-state index contributed by atoms with van der Waals surface area (Å²) in [6.45, 7) is 13.5. The van der Waals surface area contributed by atoms with Gasteiger partial charge in [-0.05, 0) is 115 Å². The number of carbonyl (C=O) groups excluding carboxylic acids is 2. The van der Waals surface area contributed by atoms with Crippen LogP contribution < -0.4 is 9.64 Å². The lowest BCUT2D eigenvalue weighted by Gasteiger charge is -2.56. The van der Waals surface area contributed by atoms with Crippen molar-refractivity contribution < 1.29 is 23.5 Å². The van der Waals surface area contributed by atoms with Crippen LogP contribution in [0.2, 0.25) is 0 Å². The van der Waals surface area contributed by atoms with Crippen molar-refractivity contribution in [1.82, 2.24) is 25.0 Å². The van der Waals surface area contributed by atoms with Crippen LogP contribution in [0.15, 0.2) is 24.5 Å². The largest absolute Gasteiger partial charge is 0.465 e. The topological polar surface area (TPSA) is 101 Å². The number of halogens is 1. The highest BCUT2D eigenvalue weighted by atomic mass is 19.1. The fourth-order valence-corrected chi connectivity index (χ4v) is 9.45. The van der Waals surface area contributed by atoms with E-state index in [1.807, 2.05) is 27.7 Å². The monoisotopic (exact) mass is 634 g/mol. The van der Waals surface area contributed by atoms with Crippen molar-refractivity contribution in [3.05, 3.63) is 35.9 Å². The van der Waals surface area contributed by atoms with Gasteiger partial charge in [0.2, 0.25) is 0 Å².